The molecule has 5 heteroatoms. The van der Waals surface area contributed by atoms with Gasteiger partial charge in [0, 0.05) is 14.2 Å². The molecule has 0 unspecified atom stereocenters. The van der Waals surface area contributed by atoms with Crippen molar-refractivity contribution in [3.63, 3.8) is 0 Å². The molecule has 1 aliphatic rings. The summed E-state index contributed by atoms with van der Waals surface area (Å²) in [6.07, 6.45) is 0. The topological polar surface area (TPSA) is 58.4 Å². The Balaban J connectivity index is 2.18. The van der Waals surface area contributed by atoms with E-state index in [1.54, 1.807) is 14.2 Å². The summed E-state index contributed by atoms with van der Waals surface area (Å²) in [4.78, 5) is 6.70. The first-order valence-electron chi connectivity index (χ1n) is 6.43. The van der Waals surface area contributed by atoms with E-state index in [0.717, 1.165) is 24.8 Å². The van der Waals surface area contributed by atoms with Crippen molar-refractivity contribution in [2.24, 2.45) is 0 Å². The van der Waals surface area contributed by atoms with Crippen LogP contribution in [0.5, 0.6) is 0 Å². The maximum Gasteiger partial charge on any atom is 0.283 e. The number of ether oxygens (including phenoxy) is 2. The zero-order chi connectivity index (χ0) is 13.5. The molecule has 5 nitrogen and oxygen atoms in total. The van der Waals surface area contributed by atoms with Gasteiger partial charge in [0.1, 0.15) is 13.1 Å². The largest absolute Gasteiger partial charge is 0.381 e. The van der Waals surface area contributed by atoms with Crippen LogP contribution in [0.1, 0.15) is 11.1 Å². The lowest BCUT2D eigenvalue weighted by Crippen LogP contribution is -2.80. The molecule has 0 amide bonds. The second-order valence-electron chi connectivity index (χ2n) is 4.26. The lowest BCUT2D eigenvalue weighted by Gasteiger charge is -1.94. The van der Waals surface area contributed by atoms with Crippen LogP contribution in [0.2, 0.25) is 0 Å². The number of amidine groups is 2. The number of methoxy groups -OCH3 is 2. The van der Waals surface area contributed by atoms with E-state index in [1.807, 2.05) is 12.1 Å². The van der Waals surface area contributed by atoms with E-state index < -0.39 is 0 Å². The van der Waals surface area contributed by atoms with Crippen LogP contribution in [0.4, 0.5) is 0 Å². The normalized spacial score (nSPS) is 17.8. The van der Waals surface area contributed by atoms with Crippen molar-refractivity contribution in [3.8, 4) is 0 Å². The van der Waals surface area contributed by atoms with Crippen LogP contribution in [0, 0.1) is 0 Å². The number of hydrogen-bond donors (Lipinski definition) is 3. The van der Waals surface area contributed by atoms with Gasteiger partial charge in [0.25, 0.3) is 11.7 Å². The third-order valence-electron chi connectivity index (χ3n) is 2.93. The van der Waals surface area contributed by atoms with E-state index in [4.69, 9.17) is 9.47 Å². The summed E-state index contributed by atoms with van der Waals surface area (Å²) in [6.45, 7) is 2.91. The lowest BCUT2D eigenvalue weighted by molar-refractivity contribution is -0.467. The highest BCUT2D eigenvalue weighted by molar-refractivity contribution is 6.21. The lowest BCUT2D eigenvalue weighted by atomic mass is 10.1. The van der Waals surface area contributed by atoms with Gasteiger partial charge >= 0.3 is 0 Å². The van der Waals surface area contributed by atoms with Gasteiger partial charge in [-0.15, -0.1) is 0 Å². The molecule has 0 fully saturated rings. The number of benzene rings is 1. The Morgan fingerprint density at radius 2 is 1.37 bits per heavy atom. The molecule has 0 bridgehead atoms. The molecule has 19 heavy (non-hydrogen) atoms. The van der Waals surface area contributed by atoms with Crippen LogP contribution in [0.25, 0.3) is 0 Å². The summed E-state index contributed by atoms with van der Waals surface area (Å²) in [6, 6.07) is 8.28. The molecule has 1 aromatic carbocycles. The molecule has 0 aromatic heterocycles. The Hall–Kier alpha value is -1.72. The number of nitrogens with one attached hydrogen (secondary N) is 3. The van der Waals surface area contributed by atoms with Crippen LogP contribution in [-0.4, -0.2) is 52.2 Å². The van der Waals surface area contributed by atoms with E-state index in [-0.39, 0.29) is 0 Å². The molecule has 0 saturated heterocycles. The minimum absolute atomic E-state index is 0.680. The second-order valence-corrected chi connectivity index (χ2v) is 4.26. The van der Waals surface area contributed by atoms with Crippen LogP contribution in [0.3, 0.4) is 0 Å². The summed E-state index contributed by atoms with van der Waals surface area (Å²) < 4.78 is 10.1. The molecule has 1 heterocycles. The summed E-state index contributed by atoms with van der Waals surface area (Å²) in [5.74, 6) is 2.04. The monoisotopic (exact) mass is 263 g/mol. The molecule has 3 N–H and O–H groups in total. The Bertz CT molecular complexity index is 440. The first-order valence-corrected chi connectivity index (χ1v) is 6.43. The highest BCUT2D eigenvalue weighted by Gasteiger charge is 2.30. The Labute approximate surface area is 113 Å². The van der Waals surface area contributed by atoms with Gasteiger partial charge in [0.05, 0.1) is 24.3 Å². The van der Waals surface area contributed by atoms with Crippen molar-refractivity contribution in [3.05, 3.63) is 35.4 Å². The maximum absolute atomic E-state index is 5.05. The summed E-state index contributed by atoms with van der Waals surface area (Å²) in [5, 5.41) is 3.37. The van der Waals surface area contributed by atoms with Crippen LogP contribution < -0.4 is 15.3 Å². The zero-order valence-electron chi connectivity index (χ0n) is 11.5. The number of fused-ring (bicyclic) bond motifs is 1. The van der Waals surface area contributed by atoms with Crippen molar-refractivity contribution < 1.29 is 19.5 Å². The predicted octanol–water partition coefficient (Wildman–Crippen LogP) is -2.76. The third kappa shape index (κ3) is 3.39. The number of hydrogen-bond acceptors (Lipinski definition) is 2. The van der Waals surface area contributed by atoms with Gasteiger partial charge in [-0.05, 0) is 12.1 Å². The fraction of sp³-hybridized carbons (Fsp3) is 0.429. The van der Waals surface area contributed by atoms with Gasteiger partial charge in [-0.2, -0.15) is 0 Å². The molecule has 0 atom stereocenters. The average Bonchev–Trinajstić information content (AvgIpc) is 2.79. The van der Waals surface area contributed by atoms with Gasteiger partial charge < -0.3 is 9.47 Å². The highest BCUT2D eigenvalue weighted by Crippen LogP contribution is 2.11. The van der Waals surface area contributed by atoms with Gasteiger partial charge in [-0.3, -0.25) is 9.98 Å². The Morgan fingerprint density at radius 1 is 0.895 bits per heavy atom. The van der Waals surface area contributed by atoms with Gasteiger partial charge in [0.15, 0.2) is 0 Å². The second kappa shape index (κ2) is 7.01. The zero-order valence-corrected chi connectivity index (χ0v) is 11.5. The molecule has 102 valence electrons. The van der Waals surface area contributed by atoms with Crippen molar-refractivity contribution in [1.29, 1.82) is 0 Å². The van der Waals surface area contributed by atoms with Crippen molar-refractivity contribution in [2.45, 2.75) is 0 Å². The Kier molecular flexibility index (Phi) is 5.06. The van der Waals surface area contributed by atoms with E-state index in [1.165, 1.54) is 11.1 Å². The quantitative estimate of drug-likeness (QED) is 0.487. The van der Waals surface area contributed by atoms with Crippen molar-refractivity contribution in [2.75, 3.05) is 40.5 Å². The van der Waals surface area contributed by atoms with Crippen LogP contribution in [-0.2, 0) is 9.47 Å². The SMILES string of the molecule is COCC[NH+]=C1NC(=[NH+]CCOC)c2ccccc21. The summed E-state index contributed by atoms with van der Waals surface area (Å²) in [7, 11) is 3.40. The predicted molar refractivity (Wildman–Crippen MR) is 73.2 cm³/mol. The minimum Gasteiger partial charge on any atom is -0.381 e. The van der Waals surface area contributed by atoms with E-state index >= 15 is 0 Å². The van der Waals surface area contributed by atoms with Gasteiger partial charge in [-0.1, -0.05) is 12.1 Å². The van der Waals surface area contributed by atoms with Crippen LogP contribution in [0.15, 0.2) is 24.3 Å². The summed E-state index contributed by atoms with van der Waals surface area (Å²) >= 11 is 0. The Morgan fingerprint density at radius 3 is 1.79 bits per heavy atom. The highest BCUT2D eigenvalue weighted by atomic mass is 16.5. The molecular formula is C14H21N3O2+2. The maximum atomic E-state index is 5.05. The first kappa shape index (κ1) is 13.7. The summed E-state index contributed by atoms with van der Waals surface area (Å²) in [5.41, 5.74) is 2.36. The molecular weight excluding hydrogens is 242 g/mol. The van der Waals surface area contributed by atoms with E-state index in [0.29, 0.717) is 13.2 Å². The smallest absolute Gasteiger partial charge is 0.283 e. The van der Waals surface area contributed by atoms with Gasteiger partial charge in [0.2, 0.25) is 0 Å². The molecule has 0 spiro atoms. The third-order valence-corrected chi connectivity index (χ3v) is 2.93. The fourth-order valence-corrected chi connectivity index (χ4v) is 2.01. The first-order chi connectivity index (χ1) is 9.36. The van der Waals surface area contributed by atoms with Crippen molar-refractivity contribution >= 4 is 11.7 Å². The molecule has 0 radical (unpaired) electrons. The average molecular weight is 263 g/mol. The molecule has 2 rings (SSSR count). The van der Waals surface area contributed by atoms with E-state index in [2.05, 4.69) is 27.4 Å². The van der Waals surface area contributed by atoms with E-state index in [9.17, 15) is 0 Å². The number of rotatable bonds is 6. The van der Waals surface area contributed by atoms with Gasteiger partial charge in [-0.25, -0.2) is 5.32 Å². The van der Waals surface area contributed by atoms with Crippen LogP contribution >= 0.6 is 0 Å². The minimum atomic E-state index is 0.680. The van der Waals surface area contributed by atoms with Crippen molar-refractivity contribution in [1.82, 2.24) is 5.32 Å². The molecule has 1 aliphatic heterocycles. The molecule has 0 saturated carbocycles. The standard InChI is InChI=1S/C14H19N3O2/c1-18-9-7-15-13-11-5-3-4-6-12(11)14(17-13)16-8-10-19-2/h3-6H,7-10H2,1-2H3,(H,15,16,17)/p+2. The molecule has 0 aliphatic carbocycles. The molecule has 1 aromatic rings. The fourth-order valence-electron chi connectivity index (χ4n) is 2.01.